The number of para-hydroxylation sites is 1. The van der Waals surface area contributed by atoms with Gasteiger partial charge >= 0.3 is 5.97 Å². The highest BCUT2D eigenvalue weighted by Crippen LogP contribution is 2.27. The van der Waals surface area contributed by atoms with Gasteiger partial charge in [0, 0.05) is 18.0 Å². The number of fused-ring (bicyclic) bond motifs is 1. The molecule has 1 aromatic heterocycles. The normalized spacial score (nSPS) is 11.9. The largest absolute Gasteiger partial charge is 0.466 e. The Labute approximate surface area is 204 Å². The molecule has 0 aliphatic carbocycles. The first-order valence-electron chi connectivity index (χ1n) is 11.6. The van der Waals surface area contributed by atoms with Crippen LogP contribution in [0.2, 0.25) is 5.02 Å². The van der Waals surface area contributed by atoms with Crippen molar-refractivity contribution in [2.45, 2.75) is 52.5 Å². The van der Waals surface area contributed by atoms with E-state index in [0.717, 1.165) is 6.42 Å². The Balaban J connectivity index is 2.14. The van der Waals surface area contributed by atoms with Gasteiger partial charge < -0.3 is 9.64 Å². The molecule has 0 spiro atoms. The van der Waals surface area contributed by atoms with Crippen molar-refractivity contribution in [3.63, 3.8) is 0 Å². The lowest BCUT2D eigenvalue weighted by atomic mass is 10.1. The van der Waals surface area contributed by atoms with E-state index in [1.807, 2.05) is 19.9 Å². The van der Waals surface area contributed by atoms with E-state index in [2.05, 4.69) is 0 Å². The van der Waals surface area contributed by atoms with Crippen molar-refractivity contribution in [3.05, 3.63) is 69.7 Å². The molecule has 0 saturated carbocycles. The van der Waals surface area contributed by atoms with Gasteiger partial charge in [0.1, 0.15) is 5.82 Å². The van der Waals surface area contributed by atoms with Crippen molar-refractivity contribution in [1.29, 1.82) is 0 Å². The second-order valence-corrected chi connectivity index (χ2v) is 8.36. The van der Waals surface area contributed by atoms with E-state index in [1.54, 1.807) is 58.9 Å². The van der Waals surface area contributed by atoms with Crippen molar-refractivity contribution >= 4 is 34.4 Å². The zero-order valence-electron chi connectivity index (χ0n) is 19.8. The molecule has 1 amide bonds. The average Bonchev–Trinajstić information content (AvgIpc) is 2.83. The van der Waals surface area contributed by atoms with Crippen LogP contribution in [0.15, 0.2) is 53.3 Å². The summed E-state index contributed by atoms with van der Waals surface area (Å²) in [4.78, 5) is 45.3. The van der Waals surface area contributed by atoms with E-state index in [-0.39, 0.29) is 30.9 Å². The Kier molecular flexibility index (Phi) is 8.82. The summed E-state index contributed by atoms with van der Waals surface area (Å²) in [6.07, 6.45) is 1.30. The van der Waals surface area contributed by atoms with Crippen molar-refractivity contribution in [3.8, 4) is 5.69 Å². The molecule has 3 rings (SSSR count). The van der Waals surface area contributed by atoms with Gasteiger partial charge in [-0.2, -0.15) is 0 Å². The van der Waals surface area contributed by atoms with Gasteiger partial charge in [-0.05, 0) is 50.1 Å². The zero-order valence-corrected chi connectivity index (χ0v) is 20.5. The van der Waals surface area contributed by atoms with E-state index in [4.69, 9.17) is 21.3 Å². The molecule has 34 heavy (non-hydrogen) atoms. The topological polar surface area (TPSA) is 81.5 Å². The molecule has 1 unspecified atom stereocenters. The minimum atomic E-state index is -0.467. The molecule has 7 nitrogen and oxygen atoms in total. The van der Waals surface area contributed by atoms with Crippen LogP contribution in [-0.4, -0.2) is 39.5 Å². The summed E-state index contributed by atoms with van der Waals surface area (Å²) in [5.41, 5.74) is 0.922. The lowest BCUT2D eigenvalue weighted by molar-refractivity contribution is -0.146. The van der Waals surface area contributed by atoms with Gasteiger partial charge in [0.15, 0.2) is 0 Å². The standard InChI is InChI=1S/C26H30ClN3O4/c1-4-16-29(23(31)14-15-24(32)34-6-3)22(5-2)25-28-21-13-8-7-12-20(21)26(33)30(25)19-11-9-10-18(27)17-19/h7-13,17,22H,4-6,14-16H2,1-3H3. The number of hydrogen-bond donors (Lipinski definition) is 0. The van der Waals surface area contributed by atoms with Crippen LogP contribution in [0, 0.1) is 0 Å². The maximum atomic E-state index is 13.6. The molecule has 180 valence electrons. The van der Waals surface area contributed by atoms with Gasteiger partial charge in [-0.25, -0.2) is 4.98 Å². The molecule has 0 aliphatic rings. The molecule has 0 fully saturated rings. The fourth-order valence-electron chi connectivity index (χ4n) is 4.06. The maximum Gasteiger partial charge on any atom is 0.306 e. The first kappa shape index (κ1) is 25.4. The number of esters is 1. The quantitative estimate of drug-likeness (QED) is 0.376. The number of amides is 1. The Morgan fingerprint density at radius 2 is 1.85 bits per heavy atom. The minimum Gasteiger partial charge on any atom is -0.466 e. The lowest BCUT2D eigenvalue weighted by Crippen LogP contribution is -2.39. The predicted octanol–water partition coefficient (Wildman–Crippen LogP) is 5.07. The van der Waals surface area contributed by atoms with Gasteiger partial charge in [-0.3, -0.25) is 19.0 Å². The van der Waals surface area contributed by atoms with E-state index >= 15 is 0 Å². The molecule has 8 heteroatoms. The smallest absolute Gasteiger partial charge is 0.306 e. The van der Waals surface area contributed by atoms with Gasteiger partial charge in [0.05, 0.1) is 35.7 Å². The number of halogens is 1. The Morgan fingerprint density at radius 3 is 2.53 bits per heavy atom. The van der Waals surface area contributed by atoms with Crippen molar-refractivity contribution < 1.29 is 14.3 Å². The zero-order chi connectivity index (χ0) is 24.7. The second-order valence-electron chi connectivity index (χ2n) is 7.92. The van der Waals surface area contributed by atoms with Crippen molar-refractivity contribution in [2.75, 3.05) is 13.2 Å². The van der Waals surface area contributed by atoms with Crippen LogP contribution >= 0.6 is 11.6 Å². The summed E-state index contributed by atoms with van der Waals surface area (Å²) in [5, 5.41) is 0.976. The Bertz CT molecular complexity index is 1220. The van der Waals surface area contributed by atoms with Crippen LogP contribution in [0.1, 0.15) is 58.3 Å². The third-order valence-corrected chi connectivity index (χ3v) is 5.80. The van der Waals surface area contributed by atoms with E-state index < -0.39 is 12.0 Å². The summed E-state index contributed by atoms with van der Waals surface area (Å²) < 4.78 is 6.52. The van der Waals surface area contributed by atoms with Crippen LogP contribution in [0.25, 0.3) is 16.6 Å². The number of hydrogen-bond acceptors (Lipinski definition) is 5. The number of carbonyl (C=O) groups excluding carboxylic acids is 2. The van der Waals surface area contributed by atoms with E-state index in [1.165, 1.54) is 0 Å². The van der Waals surface area contributed by atoms with Gasteiger partial charge in [0.25, 0.3) is 5.56 Å². The first-order valence-corrected chi connectivity index (χ1v) is 12.0. The van der Waals surface area contributed by atoms with Crippen LogP contribution in [-0.2, 0) is 14.3 Å². The average molecular weight is 484 g/mol. The van der Waals surface area contributed by atoms with E-state index in [0.29, 0.717) is 40.4 Å². The molecule has 0 aliphatic heterocycles. The molecule has 1 atom stereocenters. The van der Waals surface area contributed by atoms with Crippen LogP contribution < -0.4 is 5.56 Å². The molecular weight excluding hydrogens is 454 g/mol. The Hall–Kier alpha value is -3.19. The fourth-order valence-corrected chi connectivity index (χ4v) is 4.25. The highest BCUT2D eigenvalue weighted by atomic mass is 35.5. The maximum absolute atomic E-state index is 13.6. The minimum absolute atomic E-state index is 0.00949. The SMILES string of the molecule is CCCN(C(=O)CCC(=O)OCC)C(CC)c1nc2ccccc2c(=O)n1-c1cccc(Cl)c1. The third-order valence-electron chi connectivity index (χ3n) is 5.56. The number of nitrogens with zero attached hydrogens (tertiary/aromatic N) is 3. The monoisotopic (exact) mass is 483 g/mol. The van der Waals surface area contributed by atoms with Crippen molar-refractivity contribution in [2.24, 2.45) is 0 Å². The first-order chi connectivity index (χ1) is 16.4. The molecular formula is C26H30ClN3O4. The second kappa shape index (κ2) is 11.8. The van der Waals surface area contributed by atoms with Crippen LogP contribution in [0.4, 0.5) is 0 Å². The molecule has 0 bridgehead atoms. The molecule has 0 radical (unpaired) electrons. The number of carbonyl (C=O) groups is 2. The van der Waals surface area contributed by atoms with Crippen molar-refractivity contribution in [1.82, 2.24) is 14.5 Å². The number of ether oxygens (including phenoxy) is 1. The lowest BCUT2D eigenvalue weighted by Gasteiger charge is -2.32. The predicted molar refractivity (Wildman–Crippen MR) is 133 cm³/mol. The number of rotatable bonds is 10. The van der Waals surface area contributed by atoms with E-state index in [9.17, 15) is 14.4 Å². The van der Waals surface area contributed by atoms with Gasteiger partial charge in [-0.1, -0.05) is 43.6 Å². The highest BCUT2D eigenvalue weighted by molar-refractivity contribution is 6.30. The summed E-state index contributed by atoms with van der Waals surface area (Å²) in [6, 6.07) is 13.7. The third kappa shape index (κ3) is 5.65. The molecule has 3 aromatic rings. The van der Waals surface area contributed by atoms with Crippen LogP contribution in [0.5, 0.6) is 0 Å². The number of benzene rings is 2. The molecule has 1 heterocycles. The fraction of sp³-hybridized carbons (Fsp3) is 0.385. The molecule has 2 aromatic carbocycles. The van der Waals surface area contributed by atoms with Gasteiger partial charge in [0.2, 0.25) is 5.91 Å². The summed E-state index contributed by atoms with van der Waals surface area (Å²) in [5.74, 6) is -0.117. The summed E-state index contributed by atoms with van der Waals surface area (Å²) in [6.45, 7) is 6.41. The highest BCUT2D eigenvalue weighted by Gasteiger charge is 2.29. The Morgan fingerprint density at radius 1 is 1.09 bits per heavy atom. The molecule has 0 N–H and O–H groups in total. The van der Waals surface area contributed by atoms with Gasteiger partial charge in [-0.15, -0.1) is 0 Å². The summed E-state index contributed by atoms with van der Waals surface area (Å²) >= 11 is 6.25. The number of aromatic nitrogens is 2. The molecule has 0 saturated heterocycles. The summed E-state index contributed by atoms with van der Waals surface area (Å²) in [7, 11) is 0. The van der Waals surface area contributed by atoms with Crippen LogP contribution in [0.3, 0.4) is 0 Å².